The number of rotatable bonds is 6. The van der Waals surface area contributed by atoms with E-state index >= 15 is 0 Å². The molecule has 0 spiro atoms. The summed E-state index contributed by atoms with van der Waals surface area (Å²) in [6.07, 6.45) is 0. The van der Waals surface area contributed by atoms with Gasteiger partial charge in [-0.1, -0.05) is 29.8 Å². The molecule has 1 heterocycles. The molecule has 5 nitrogen and oxygen atoms in total. The van der Waals surface area contributed by atoms with Crippen LogP contribution in [0, 0.1) is 20.8 Å². The molecule has 0 aliphatic carbocycles. The van der Waals surface area contributed by atoms with E-state index in [2.05, 4.69) is 0 Å². The summed E-state index contributed by atoms with van der Waals surface area (Å²) in [5.74, 6) is 0.766. The molecule has 5 heteroatoms. The van der Waals surface area contributed by atoms with Crippen LogP contribution in [0.2, 0.25) is 0 Å². The molecule has 32 heavy (non-hydrogen) atoms. The van der Waals surface area contributed by atoms with E-state index in [4.69, 9.17) is 13.9 Å². The minimum absolute atomic E-state index is 0.0198. The Morgan fingerprint density at radius 3 is 2.22 bits per heavy atom. The van der Waals surface area contributed by atoms with Crippen LogP contribution in [0.15, 0.2) is 69.9 Å². The van der Waals surface area contributed by atoms with E-state index in [0.717, 1.165) is 16.7 Å². The summed E-state index contributed by atoms with van der Waals surface area (Å²) in [5.41, 5.74) is 4.40. The van der Waals surface area contributed by atoms with Crippen molar-refractivity contribution in [1.29, 1.82) is 0 Å². The Hall–Kier alpha value is -3.86. The monoisotopic (exact) mass is 428 g/mol. The van der Waals surface area contributed by atoms with Gasteiger partial charge in [0, 0.05) is 11.1 Å². The SMILES string of the molecule is COc1ccc(-c2oc3cc(C)c(C)cc3c(=O)c2OCC(=O)c2ccc(C)cc2)cc1. The largest absolute Gasteiger partial charge is 0.497 e. The maximum atomic E-state index is 13.4. The molecular formula is C27H24O5. The van der Waals surface area contributed by atoms with E-state index in [-0.39, 0.29) is 29.3 Å². The molecule has 0 fully saturated rings. The number of methoxy groups -OCH3 is 1. The third-order valence-corrected chi connectivity index (χ3v) is 5.54. The Kier molecular flexibility index (Phi) is 5.82. The molecule has 0 saturated carbocycles. The average molecular weight is 428 g/mol. The zero-order chi connectivity index (χ0) is 22.8. The zero-order valence-corrected chi connectivity index (χ0v) is 18.5. The Labute approximate surface area is 186 Å². The van der Waals surface area contributed by atoms with Crippen molar-refractivity contribution in [3.05, 3.63) is 93.1 Å². The van der Waals surface area contributed by atoms with Crippen molar-refractivity contribution in [3.63, 3.8) is 0 Å². The summed E-state index contributed by atoms with van der Waals surface area (Å²) in [4.78, 5) is 26.0. The Morgan fingerprint density at radius 1 is 0.906 bits per heavy atom. The summed E-state index contributed by atoms with van der Waals surface area (Å²) in [6, 6.07) is 18.0. The molecule has 4 aromatic rings. The minimum atomic E-state index is -0.308. The van der Waals surface area contributed by atoms with Gasteiger partial charge in [0.1, 0.15) is 11.3 Å². The first-order valence-electron chi connectivity index (χ1n) is 10.3. The molecule has 0 unspecified atom stereocenters. The predicted octanol–water partition coefficient (Wildman–Crippen LogP) is 5.66. The van der Waals surface area contributed by atoms with Gasteiger partial charge in [-0.05, 0) is 68.3 Å². The van der Waals surface area contributed by atoms with E-state index < -0.39 is 0 Å². The first-order valence-corrected chi connectivity index (χ1v) is 10.3. The Bertz CT molecular complexity index is 1350. The minimum Gasteiger partial charge on any atom is -0.497 e. The second-order valence-corrected chi connectivity index (χ2v) is 7.83. The number of benzene rings is 3. The second kappa shape index (κ2) is 8.71. The van der Waals surface area contributed by atoms with Gasteiger partial charge in [0.2, 0.25) is 11.2 Å². The number of aryl methyl sites for hydroxylation is 3. The standard InChI is InChI=1S/C27H24O5/c1-16-5-7-19(8-6-16)23(28)15-31-27-25(29)22-13-17(2)18(3)14-24(22)32-26(27)20-9-11-21(30-4)12-10-20/h5-14H,15H2,1-4H3. The van der Waals surface area contributed by atoms with Crippen molar-refractivity contribution in [3.8, 4) is 22.8 Å². The van der Waals surface area contributed by atoms with E-state index in [1.807, 2.05) is 39.0 Å². The van der Waals surface area contributed by atoms with Crippen LogP contribution < -0.4 is 14.9 Å². The fraction of sp³-hybridized carbons (Fsp3) is 0.185. The van der Waals surface area contributed by atoms with Crippen LogP contribution in [0.5, 0.6) is 11.5 Å². The summed E-state index contributed by atoms with van der Waals surface area (Å²) < 4.78 is 17.2. The molecule has 0 amide bonds. The van der Waals surface area contributed by atoms with Crippen LogP contribution in [0.3, 0.4) is 0 Å². The molecule has 3 aromatic carbocycles. The third-order valence-electron chi connectivity index (χ3n) is 5.54. The van der Waals surface area contributed by atoms with Crippen LogP contribution in [0.1, 0.15) is 27.0 Å². The van der Waals surface area contributed by atoms with Gasteiger partial charge in [0.15, 0.2) is 18.2 Å². The average Bonchev–Trinajstić information content (AvgIpc) is 2.80. The van der Waals surface area contributed by atoms with Crippen LogP contribution in [0.4, 0.5) is 0 Å². The van der Waals surface area contributed by atoms with Gasteiger partial charge in [0.05, 0.1) is 12.5 Å². The number of hydrogen-bond acceptors (Lipinski definition) is 5. The number of ketones is 1. The lowest BCUT2D eigenvalue weighted by Gasteiger charge is -2.13. The molecule has 0 N–H and O–H groups in total. The van der Waals surface area contributed by atoms with E-state index in [0.29, 0.717) is 27.8 Å². The number of fused-ring (bicyclic) bond motifs is 1. The zero-order valence-electron chi connectivity index (χ0n) is 18.5. The highest BCUT2D eigenvalue weighted by molar-refractivity contribution is 5.97. The summed E-state index contributed by atoms with van der Waals surface area (Å²) in [5, 5.41) is 0.420. The molecule has 4 rings (SSSR count). The summed E-state index contributed by atoms with van der Waals surface area (Å²) >= 11 is 0. The van der Waals surface area contributed by atoms with Crippen molar-refractivity contribution in [2.75, 3.05) is 13.7 Å². The smallest absolute Gasteiger partial charge is 0.235 e. The van der Waals surface area contributed by atoms with Gasteiger partial charge in [-0.15, -0.1) is 0 Å². The molecule has 0 aliphatic rings. The van der Waals surface area contributed by atoms with Crippen molar-refractivity contribution in [2.45, 2.75) is 20.8 Å². The van der Waals surface area contributed by atoms with Gasteiger partial charge in [-0.2, -0.15) is 0 Å². The van der Waals surface area contributed by atoms with Crippen LogP contribution in [0.25, 0.3) is 22.3 Å². The fourth-order valence-corrected chi connectivity index (χ4v) is 3.46. The van der Waals surface area contributed by atoms with Crippen molar-refractivity contribution < 1.29 is 18.7 Å². The first kappa shape index (κ1) is 21.4. The molecule has 0 radical (unpaired) electrons. The van der Waals surface area contributed by atoms with Gasteiger partial charge in [-0.25, -0.2) is 0 Å². The van der Waals surface area contributed by atoms with Gasteiger partial charge < -0.3 is 13.9 Å². The maximum absolute atomic E-state index is 13.4. The maximum Gasteiger partial charge on any atom is 0.235 e. The Morgan fingerprint density at radius 2 is 1.56 bits per heavy atom. The Balaban J connectivity index is 1.79. The second-order valence-electron chi connectivity index (χ2n) is 7.83. The predicted molar refractivity (Wildman–Crippen MR) is 125 cm³/mol. The number of carbonyl (C=O) groups is 1. The van der Waals surface area contributed by atoms with E-state index in [9.17, 15) is 9.59 Å². The molecule has 1 aromatic heterocycles. The number of carbonyl (C=O) groups excluding carboxylic acids is 1. The lowest BCUT2D eigenvalue weighted by atomic mass is 10.0. The number of hydrogen-bond donors (Lipinski definition) is 0. The third kappa shape index (κ3) is 4.14. The van der Waals surface area contributed by atoms with Crippen molar-refractivity contribution in [2.24, 2.45) is 0 Å². The first-order chi connectivity index (χ1) is 15.4. The molecule has 0 saturated heterocycles. The summed E-state index contributed by atoms with van der Waals surface area (Å²) in [7, 11) is 1.58. The van der Waals surface area contributed by atoms with Crippen molar-refractivity contribution in [1.82, 2.24) is 0 Å². The highest BCUT2D eigenvalue weighted by Crippen LogP contribution is 2.33. The quantitative estimate of drug-likeness (QED) is 0.371. The molecule has 0 aliphatic heterocycles. The van der Waals surface area contributed by atoms with Gasteiger partial charge in [0.25, 0.3) is 0 Å². The lowest BCUT2D eigenvalue weighted by molar-refractivity contribution is 0.0920. The molecule has 162 valence electrons. The summed E-state index contributed by atoms with van der Waals surface area (Å²) in [6.45, 7) is 5.59. The van der Waals surface area contributed by atoms with E-state index in [1.165, 1.54) is 0 Å². The van der Waals surface area contributed by atoms with Gasteiger partial charge in [-0.3, -0.25) is 9.59 Å². The highest BCUT2D eigenvalue weighted by Gasteiger charge is 2.20. The van der Waals surface area contributed by atoms with Crippen LogP contribution >= 0.6 is 0 Å². The lowest BCUT2D eigenvalue weighted by Crippen LogP contribution is -2.17. The highest BCUT2D eigenvalue weighted by atomic mass is 16.5. The fourth-order valence-electron chi connectivity index (χ4n) is 3.46. The van der Waals surface area contributed by atoms with Crippen LogP contribution in [-0.2, 0) is 0 Å². The van der Waals surface area contributed by atoms with Crippen LogP contribution in [-0.4, -0.2) is 19.5 Å². The van der Waals surface area contributed by atoms with E-state index in [1.54, 1.807) is 49.6 Å². The molecule has 0 atom stereocenters. The van der Waals surface area contributed by atoms with Crippen molar-refractivity contribution >= 4 is 16.8 Å². The normalized spacial score (nSPS) is 10.9. The number of Topliss-reactive ketones (excluding diaryl/α,β-unsaturated/α-hetero) is 1. The van der Waals surface area contributed by atoms with Gasteiger partial charge >= 0.3 is 0 Å². The molecular weight excluding hydrogens is 404 g/mol. The number of ether oxygens (including phenoxy) is 2. The topological polar surface area (TPSA) is 65.7 Å². The molecule has 0 bridgehead atoms.